The third-order valence-electron chi connectivity index (χ3n) is 6.55. The molecule has 11 nitrogen and oxygen atoms in total. The molecule has 228 valence electrons. The van der Waals surface area contributed by atoms with Gasteiger partial charge in [-0.25, -0.2) is 17.5 Å². The molecule has 1 unspecified atom stereocenters. The van der Waals surface area contributed by atoms with Crippen LogP contribution in [0.4, 0.5) is 4.79 Å². The first-order valence-corrected chi connectivity index (χ1v) is 15.2. The van der Waals surface area contributed by atoms with E-state index in [4.69, 9.17) is 10.5 Å². The second-order valence-electron chi connectivity index (χ2n) is 12.4. The number of sulfonamides is 1. The molecular formula is C30H40N4O7S. The predicted molar refractivity (Wildman–Crippen MR) is 157 cm³/mol. The molecule has 0 spiro atoms. The Morgan fingerprint density at radius 3 is 1.95 bits per heavy atom. The molecule has 0 aliphatic carbocycles. The van der Waals surface area contributed by atoms with Crippen LogP contribution in [0.15, 0.2) is 54.6 Å². The van der Waals surface area contributed by atoms with Crippen LogP contribution in [-0.4, -0.2) is 59.8 Å². The molecule has 1 heterocycles. The number of benzene rings is 2. The molecule has 0 bridgehead atoms. The van der Waals surface area contributed by atoms with E-state index < -0.39 is 62.3 Å². The minimum absolute atomic E-state index is 0.0241. The van der Waals surface area contributed by atoms with Gasteiger partial charge in [0.1, 0.15) is 22.9 Å². The summed E-state index contributed by atoms with van der Waals surface area (Å²) in [6, 6.07) is 13.4. The quantitative estimate of drug-likeness (QED) is 0.398. The van der Waals surface area contributed by atoms with Gasteiger partial charge in [0.15, 0.2) is 0 Å². The van der Waals surface area contributed by atoms with Crippen LogP contribution in [-0.2, 0) is 42.0 Å². The fourth-order valence-electron chi connectivity index (χ4n) is 4.77. The fraction of sp³-hybridized carbons (Fsp3) is 0.467. The number of hydrogen-bond acceptors (Lipinski definition) is 7. The number of alkyl carbamates (subject to hydrolysis) is 1. The minimum Gasteiger partial charge on any atom is -0.444 e. The SMILES string of the molecule is CC(C)(C)OC(=O)N[C@@H](Cc1ccccc1)C(=O)N[C@@H](Cc1ccc(C2CC(=O)N(C(C)(C)C)S2(=O)=O)cc1)C(N)=O. The van der Waals surface area contributed by atoms with E-state index in [2.05, 4.69) is 10.6 Å². The van der Waals surface area contributed by atoms with Gasteiger partial charge < -0.3 is 21.1 Å². The highest BCUT2D eigenvalue weighted by Crippen LogP contribution is 2.40. The van der Waals surface area contributed by atoms with Crippen LogP contribution < -0.4 is 16.4 Å². The van der Waals surface area contributed by atoms with Crippen LogP contribution in [0.2, 0.25) is 0 Å². The van der Waals surface area contributed by atoms with E-state index >= 15 is 0 Å². The molecule has 3 rings (SSSR count). The lowest BCUT2D eigenvalue weighted by molar-refractivity contribution is -0.128. The largest absolute Gasteiger partial charge is 0.444 e. The molecule has 4 amide bonds. The Morgan fingerprint density at radius 2 is 1.45 bits per heavy atom. The van der Waals surface area contributed by atoms with Gasteiger partial charge >= 0.3 is 6.09 Å². The number of nitrogens with one attached hydrogen (secondary N) is 2. The van der Waals surface area contributed by atoms with Crippen molar-refractivity contribution in [1.82, 2.24) is 14.9 Å². The topological polar surface area (TPSA) is 165 Å². The Hall–Kier alpha value is -3.93. The Morgan fingerprint density at radius 1 is 0.905 bits per heavy atom. The van der Waals surface area contributed by atoms with Crippen LogP contribution in [0.3, 0.4) is 0 Å². The molecule has 42 heavy (non-hydrogen) atoms. The van der Waals surface area contributed by atoms with Crippen molar-refractivity contribution in [1.29, 1.82) is 0 Å². The number of nitrogens with zero attached hydrogens (tertiary/aromatic N) is 1. The van der Waals surface area contributed by atoms with E-state index in [1.165, 1.54) is 0 Å². The Labute approximate surface area is 247 Å². The molecule has 0 radical (unpaired) electrons. The zero-order valence-electron chi connectivity index (χ0n) is 24.8. The van der Waals surface area contributed by atoms with Gasteiger partial charge in [-0.1, -0.05) is 54.6 Å². The standard InChI is InChI=1S/C30H40N4O7S/c1-29(2,3)34-25(35)18-24(42(34,39)40)21-14-12-20(13-15-21)16-22(26(31)36)32-27(37)23(17-19-10-8-7-9-11-19)33-28(38)41-30(4,5)6/h7-15,22-24H,16-18H2,1-6H3,(H2,31,36)(H,32,37)(H,33,38)/t22-,23-,24?/m0/s1. The molecule has 1 aliphatic rings. The smallest absolute Gasteiger partial charge is 0.408 e. The normalized spacial score (nSPS) is 18.2. The third kappa shape index (κ3) is 8.31. The van der Waals surface area contributed by atoms with Gasteiger partial charge in [0, 0.05) is 12.8 Å². The highest BCUT2D eigenvalue weighted by atomic mass is 32.2. The van der Waals surface area contributed by atoms with Crippen molar-refractivity contribution in [2.45, 2.75) is 89.3 Å². The molecule has 2 aromatic carbocycles. The highest BCUT2D eigenvalue weighted by Gasteiger charge is 2.49. The van der Waals surface area contributed by atoms with E-state index in [9.17, 15) is 27.6 Å². The summed E-state index contributed by atoms with van der Waals surface area (Å²) < 4.78 is 32.5. The monoisotopic (exact) mass is 600 g/mol. The lowest BCUT2D eigenvalue weighted by Crippen LogP contribution is -2.54. The van der Waals surface area contributed by atoms with Crippen molar-refractivity contribution in [3.8, 4) is 0 Å². The number of carbonyl (C=O) groups is 4. The average Bonchev–Trinajstić information content (AvgIpc) is 3.11. The predicted octanol–water partition coefficient (Wildman–Crippen LogP) is 2.74. The maximum absolute atomic E-state index is 13.3. The van der Waals surface area contributed by atoms with Crippen molar-refractivity contribution < 1.29 is 32.3 Å². The summed E-state index contributed by atoms with van der Waals surface area (Å²) in [5.74, 6) is -1.87. The number of primary amides is 1. The first kappa shape index (κ1) is 32.6. The second kappa shape index (κ2) is 12.5. The molecule has 1 saturated heterocycles. The van der Waals surface area contributed by atoms with Crippen LogP contribution in [0.25, 0.3) is 0 Å². The summed E-state index contributed by atoms with van der Waals surface area (Å²) in [6.45, 7) is 10.1. The summed E-state index contributed by atoms with van der Waals surface area (Å²) in [5.41, 5.74) is 5.79. The number of hydrogen-bond donors (Lipinski definition) is 3. The molecule has 1 aliphatic heterocycles. The average molecular weight is 601 g/mol. The molecular weight excluding hydrogens is 560 g/mol. The minimum atomic E-state index is -3.90. The van der Waals surface area contributed by atoms with Gasteiger partial charge in [-0.3, -0.25) is 14.4 Å². The van der Waals surface area contributed by atoms with Crippen molar-refractivity contribution in [2.75, 3.05) is 0 Å². The van der Waals surface area contributed by atoms with Gasteiger partial charge in [0.2, 0.25) is 27.7 Å². The van der Waals surface area contributed by atoms with E-state index in [1.54, 1.807) is 77.9 Å². The first-order chi connectivity index (χ1) is 19.4. The first-order valence-electron chi connectivity index (χ1n) is 13.7. The molecule has 2 aromatic rings. The Balaban J connectivity index is 1.75. The van der Waals surface area contributed by atoms with Crippen LogP contribution in [0, 0.1) is 0 Å². The van der Waals surface area contributed by atoms with Crippen molar-refractivity contribution >= 4 is 33.8 Å². The Bertz CT molecular complexity index is 1410. The van der Waals surface area contributed by atoms with Crippen LogP contribution >= 0.6 is 0 Å². The zero-order chi connectivity index (χ0) is 31.5. The molecule has 3 atom stereocenters. The van der Waals surface area contributed by atoms with E-state index in [0.717, 1.165) is 9.87 Å². The van der Waals surface area contributed by atoms with Crippen molar-refractivity contribution in [3.63, 3.8) is 0 Å². The molecule has 12 heteroatoms. The van der Waals surface area contributed by atoms with Gasteiger partial charge in [-0.2, -0.15) is 0 Å². The van der Waals surface area contributed by atoms with Crippen molar-refractivity contribution in [2.24, 2.45) is 5.73 Å². The summed E-state index contributed by atoms with van der Waals surface area (Å²) in [5, 5.41) is 4.20. The number of amides is 4. The molecule has 0 saturated carbocycles. The van der Waals surface area contributed by atoms with Gasteiger partial charge in [-0.15, -0.1) is 0 Å². The zero-order valence-corrected chi connectivity index (χ0v) is 25.7. The summed E-state index contributed by atoms with van der Waals surface area (Å²) in [7, 11) is -3.90. The molecule has 4 N–H and O–H groups in total. The second-order valence-corrected chi connectivity index (χ2v) is 14.3. The molecule has 0 aromatic heterocycles. The lowest BCUT2D eigenvalue weighted by atomic mass is 10.0. The van der Waals surface area contributed by atoms with Crippen LogP contribution in [0.5, 0.6) is 0 Å². The van der Waals surface area contributed by atoms with E-state index in [-0.39, 0.29) is 19.3 Å². The van der Waals surface area contributed by atoms with Gasteiger partial charge in [-0.05, 0) is 58.2 Å². The maximum atomic E-state index is 13.3. The Kier molecular flexibility index (Phi) is 9.71. The third-order valence-corrected chi connectivity index (χ3v) is 8.97. The van der Waals surface area contributed by atoms with E-state index in [1.807, 2.05) is 18.2 Å². The number of ether oxygens (including phenoxy) is 1. The summed E-state index contributed by atoms with van der Waals surface area (Å²) in [4.78, 5) is 50.7. The van der Waals surface area contributed by atoms with Gasteiger partial charge in [0.25, 0.3) is 0 Å². The van der Waals surface area contributed by atoms with Crippen LogP contribution in [0.1, 0.15) is 69.9 Å². The number of nitrogens with two attached hydrogens (primary N) is 1. The van der Waals surface area contributed by atoms with E-state index in [0.29, 0.717) is 11.1 Å². The summed E-state index contributed by atoms with van der Waals surface area (Å²) >= 11 is 0. The highest BCUT2D eigenvalue weighted by molar-refractivity contribution is 7.90. The maximum Gasteiger partial charge on any atom is 0.408 e. The van der Waals surface area contributed by atoms with Crippen molar-refractivity contribution in [3.05, 3.63) is 71.3 Å². The number of rotatable bonds is 9. The van der Waals surface area contributed by atoms with Gasteiger partial charge in [0.05, 0.1) is 12.0 Å². The summed E-state index contributed by atoms with van der Waals surface area (Å²) in [6.07, 6.45) is -0.773. The fourth-order valence-corrected chi connectivity index (χ4v) is 7.00. The lowest BCUT2D eigenvalue weighted by Gasteiger charge is -2.30. The molecule has 1 fully saturated rings. The number of carbonyl (C=O) groups excluding carboxylic acids is 4.